The van der Waals surface area contributed by atoms with Crippen LogP contribution in [0.2, 0.25) is 0 Å². The maximum absolute atomic E-state index is 9.91. The molecule has 0 bridgehead atoms. The van der Waals surface area contributed by atoms with E-state index in [1.54, 1.807) is 28.4 Å². The molecular formula is C60H48N8O4. The van der Waals surface area contributed by atoms with Crippen LogP contribution in [0.25, 0.3) is 44.8 Å². The number of nitriles is 2. The molecule has 2 atom stereocenters. The summed E-state index contributed by atoms with van der Waals surface area (Å²) in [5.41, 5.74) is 12.9. The van der Waals surface area contributed by atoms with E-state index in [1.165, 1.54) is 0 Å². The molecule has 9 aromatic rings. The summed E-state index contributed by atoms with van der Waals surface area (Å²) in [6, 6.07) is 68.1. The second-order valence-electron chi connectivity index (χ2n) is 16.8. The second kappa shape index (κ2) is 20.4. The number of nitrogens with zero attached hydrogens (tertiary/aromatic N) is 6. The van der Waals surface area contributed by atoms with Crippen LogP contribution in [0.15, 0.2) is 194 Å². The van der Waals surface area contributed by atoms with Gasteiger partial charge in [-0.1, -0.05) is 72.8 Å². The molecule has 2 unspecified atom stereocenters. The van der Waals surface area contributed by atoms with Crippen molar-refractivity contribution >= 4 is 45.8 Å². The van der Waals surface area contributed by atoms with Crippen LogP contribution in [0.5, 0.6) is 23.0 Å². The molecule has 12 nitrogen and oxygen atoms in total. The van der Waals surface area contributed by atoms with Gasteiger partial charge in [-0.3, -0.25) is 0 Å². The molecule has 1 aromatic heterocycles. The van der Waals surface area contributed by atoms with E-state index < -0.39 is 12.1 Å². The Hall–Kier alpha value is -9.78. The predicted octanol–water partition coefficient (Wildman–Crippen LogP) is 13.7. The summed E-state index contributed by atoms with van der Waals surface area (Å²) >= 11 is 0. The van der Waals surface area contributed by atoms with Gasteiger partial charge in [-0.05, 0) is 144 Å². The first kappa shape index (κ1) is 46.0. The van der Waals surface area contributed by atoms with Crippen LogP contribution >= 0.6 is 0 Å². The van der Waals surface area contributed by atoms with Gasteiger partial charge in [0.25, 0.3) is 0 Å². The second-order valence-corrected chi connectivity index (χ2v) is 16.8. The summed E-state index contributed by atoms with van der Waals surface area (Å²) in [7, 11) is 6.65. The maximum atomic E-state index is 9.91. The van der Waals surface area contributed by atoms with Crippen molar-refractivity contribution in [1.82, 2.24) is 9.97 Å². The third-order valence-corrected chi connectivity index (χ3v) is 12.6. The van der Waals surface area contributed by atoms with Crippen molar-refractivity contribution in [3.05, 3.63) is 194 Å². The lowest BCUT2D eigenvalue weighted by Crippen LogP contribution is -2.42. The number of nitrogens with one attached hydrogen (secondary N) is 2. The van der Waals surface area contributed by atoms with E-state index in [9.17, 15) is 10.5 Å². The molecule has 2 heterocycles. The molecule has 0 fully saturated rings. The highest BCUT2D eigenvalue weighted by Gasteiger charge is 2.31. The normalized spacial score (nSPS) is 13.5. The van der Waals surface area contributed by atoms with E-state index in [2.05, 4.69) is 105 Å². The Morgan fingerprint density at radius 1 is 0.333 bits per heavy atom. The van der Waals surface area contributed by atoms with Crippen molar-refractivity contribution in [3.63, 3.8) is 0 Å². The Labute approximate surface area is 418 Å². The van der Waals surface area contributed by atoms with Crippen molar-refractivity contribution in [2.75, 3.05) is 48.9 Å². The van der Waals surface area contributed by atoms with Crippen LogP contribution < -0.4 is 39.4 Å². The molecule has 0 amide bonds. The molecule has 0 radical (unpaired) electrons. The summed E-state index contributed by atoms with van der Waals surface area (Å²) in [6.45, 7) is 0. The molecule has 1 aliphatic rings. The highest BCUT2D eigenvalue weighted by Crippen LogP contribution is 2.41. The molecule has 8 aromatic carbocycles. The number of benzene rings is 8. The number of hydrogen-bond donors (Lipinski definition) is 2. The molecule has 12 heteroatoms. The van der Waals surface area contributed by atoms with E-state index >= 15 is 0 Å². The topological polar surface area (TPSA) is 141 Å². The van der Waals surface area contributed by atoms with Gasteiger partial charge in [-0.15, -0.1) is 0 Å². The predicted molar refractivity (Wildman–Crippen MR) is 285 cm³/mol. The van der Waals surface area contributed by atoms with Crippen LogP contribution in [0, 0.1) is 22.7 Å². The Morgan fingerprint density at radius 2 is 0.542 bits per heavy atom. The fourth-order valence-electron chi connectivity index (χ4n) is 8.78. The lowest BCUT2D eigenvalue weighted by atomic mass is 9.98. The van der Waals surface area contributed by atoms with E-state index in [-0.39, 0.29) is 0 Å². The SMILES string of the molecule is COc1ccc(N(c2ccc(OC)cc2)c2ccc(-c3ccc(-c4nc5c(nc4-c4ccc(-c6ccc(N(c7ccc(OC)cc7)c7ccc(OC)cc7)cc6)cc4)NC(C#N)C(C#N)N5)cc3)cc2)cc1. The van der Waals surface area contributed by atoms with Crippen LogP contribution in [0.3, 0.4) is 0 Å². The Bertz CT molecular complexity index is 3070. The van der Waals surface area contributed by atoms with Gasteiger partial charge in [0.1, 0.15) is 35.1 Å². The van der Waals surface area contributed by atoms with Crippen molar-refractivity contribution in [2.24, 2.45) is 0 Å². The van der Waals surface area contributed by atoms with E-state index in [1.807, 2.05) is 121 Å². The highest BCUT2D eigenvalue weighted by atomic mass is 16.5. The van der Waals surface area contributed by atoms with Gasteiger partial charge in [-0.2, -0.15) is 10.5 Å². The summed E-state index contributed by atoms with van der Waals surface area (Å²) in [5, 5.41) is 26.1. The number of hydrogen-bond acceptors (Lipinski definition) is 12. The first-order chi connectivity index (χ1) is 35.4. The van der Waals surface area contributed by atoms with Gasteiger partial charge in [0.2, 0.25) is 0 Å². The third-order valence-electron chi connectivity index (χ3n) is 12.6. The van der Waals surface area contributed by atoms with Gasteiger partial charge in [0, 0.05) is 45.3 Å². The third kappa shape index (κ3) is 9.36. The van der Waals surface area contributed by atoms with E-state index in [4.69, 9.17) is 28.9 Å². The molecule has 0 aliphatic carbocycles. The highest BCUT2D eigenvalue weighted by molar-refractivity contribution is 5.86. The number of methoxy groups -OCH3 is 4. The number of anilines is 8. The first-order valence-corrected chi connectivity index (χ1v) is 23.2. The molecule has 1 aliphatic heterocycles. The van der Waals surface area contributed by atoms with Crippen LogP contribution in [0.1, 0.15) is 0 Å². The van der Waals surface area contributed by atoms with E-state index in [0.717, 1.165) is 90.5 Å². The lowest BCUT2D eigenvalue weighted by Gasteiger charge is -2.27. The number of ether oxygens (including phenoxy) is 4. The zero-order valence-corrected chi connectivity index (χ0v) is 39.9. The van der Waals surface area contributed by atoms with Crippen LogP contribution in [-0.2, 0) is 0 Å². The van der Waals surface area contributed by atoms with Crippen LogP contribution in [-0.4, -0.2) is 50.5 Å². The minimum Gasteiger partial charge on any atom is -0.497 e. The minimum absolute atomic E-state index is 0.403. The minimum atomic E-state index is -0.809. The molecule has 72 heavy (non-hydrogen) atoms. The van der Waals surface area contributed by atoms with Crippen molar-refractivity contribution < 1.29 is 18.9 Å². The summed E-state index contributed by atoms with van der Waals surface area (Å²) in [6.07, 6.45) is 0. The molecule has 0 saturated carbocycles. The number of aromatic nitrogens is 2. The van der Waals surface area contributed by atoms with Crippen molar-refractivity contribution in [3.8, 4) is 79.9 Å². The monoisotopic (exact) mass is 944 g/mol. The maximum Gasteiger partial charge on any atom is 0.170 e. The molecule has 0 spiro atoms. The van der Waals surface area contributed by atoms with Crippen molar-refractivity contribution in [2.45, 2.75) is 12.1 Å². The zero-order chi connectivity index (χ0) is 49.6. The number of rotatable bonds is 14. The quantitative estimate of drug-likeness (QED) is 0.107. The number of fused-ring (bicyclic) bond motifs is 1. The van der Waals surface area contributed by atoms with Crippen LogP contribution in [0.4, 0.5) is 45.8 Å². The standard InChI is InChI=1S/C60H48N8O4/c1-69-51-29-21-47(22-30-51)67(48-23-31-52(70-2)32-24-48)45-17-13-41(14-18-45)39-5-9-43(10-6-39)57-58(66-60-59(65-57)63-55(37-61)56(38-62)64-60)44-11-7-40(8-12-44)42-15-19-46(20-16-42)68(49-25-33-53(71-3)34-26-49)50-27-35-54(72-4)36-28-50/h5-36,55-56H,1-4H3,(H,63,65)(H,64,66). The van der Waals surface area contributed by atoms with Gasteiger partial charge < -0.3 is 39.4 Å². The molecular weight excluding hydrogens is 897 g/mol. The Balaban J connectivity index is 0.949. The fourth-order valence-corrected chi connectivity index (χ4v) is 8.78. The van der Waals surface area contributed by atoms with Gasteiger partial charge >= 0.3 is 0 Å². The summed E-state index contributed by atoms with van der Waals surface area (Å²) in [5.74, 6) is 3.93. The first-order valence-electron chi connectivity index (χ1n) is 23.2. The molecule has 352 valence electrons. The largest absolute Gasteiger partial charge is 0.497 e. The summed E-state index contributed by atoms with van der Waals surface area (Å²) < 4.78 is 21.8. The smallest absolute Gasteiger partial charge is 0.170 e. The molecule has 10 rings (SSSR count). The Morgan fingerprint density at radius 3 is 0.764 bits per heavy atom. The fraction of sp³-hybridized carbons (Fsp3) is 0.100. The average Bonchev–Trinajstić information content (AvgIpc) is 3.45. The van der Waals surface area contributed by atoms with Crippen molar-refractivity contribution in [1.29, 1.82) is 10.5 Å². The summed E-state index contributed by atoms with van der Waals surface area (Å²) in [4.78, 5) is 14.5. The molecule has 0 saturated heterocycles. The van der Waals surface area contributed by atoms with Gasteiger partial charge in [0.05, 0.1) is 52.0 Å². The van der Waals surface area contributed by atoms with E-state index in [0.29, 0.717) is 23.0 Å². The molecule has 2 N–H and O–H groups in total. The Kier molecular flexibility index (Phi) is 13.1. The average molecular weight is 945 g/mol. The lowest BCUT2D eigenvalue weighted by molar-refractivity contribution is 0.414. The van der Waals surface area contributed by atoms with Gasteiger partial charge in [-0.25, -0.2) is 9.97 Å². The zero-order valence-electron chi connectivity index (χ0n) is 39.9. The van der Waals surface area contributed by atoms with Gasteiger partial charge in [0.15, 0.2) is 11.6 Å².